The Bertz CT molecular complexity index is 353. The van der Waals surface area contributed by atoms with Crippen LogP contribution in [0.25, 0.3) is 0 Å². The third-order valence-corrected chi connectivity index (χ3v) is 2.39. The van der Waals surface area contributed by atoms with E-state index in [0.29, 0.717) is 6.42 Å². The number of hydrogen-bond acceptors (Lipinski definition) is 4. The van der Waals surface area contributed by atoms with Crippen molar-refractivity contribution in [2.24, 2.45) is 5.73 Å². The summed E-state index contributed by atoms with van der Waals surface area (Å²) in [6.07, 6.45) is 0.436. The zero-order chi connectivity index (χ0) is 12.7. The van der Waals surface area contributed by atoms with E-state index < -0.39 is 12.0 Å². The molecule has 5 heteroatoms. The van der Waals surface area contributed by atoms with Gasteiger partial charge in [-0.3, -0.25) is 4.79 Å². The molecule has 0 aliphatic heterocycles. The minimum absolute atomic E-state index is 0.191. The lowest BCUT2D eigenvalue weighted by Gasteiger charge is -2.11. The Morgan fingerprint density at radius 2 is 2.06 bits per heavy atom. The van der Waals surface area contributed by atoms with Gasteiger partial charge in [0.25, 0.3) is 0 Å². The molecule has 0 bridgehead atoms. The number of hydrogen-bond donors (Lipinski definition) is 1. The van der Waals surface area contributed by atoms with Gasteiger partial charge in [0.1, 0.15) is 18.4 Å². The number of alkyl halides is 1. The van der Waals surface area contributed by atoms with E-state index in [2.05, 4.69) is 0 Å². The molecule has 0 heterocycles. The number of rotatable bonds is 6. The molecular formula is C12H16ClNO3. The van der Waals surface area contributed by atoms with Crippen LogP contribution in [-0.4, -0.2) is 31.6 Å². The van der Waals surface area contributed by atoms with Crippen LogP contribution in [0.5, 0.6) is 5.75 Å². The summed E-state index contributed by atoms with van der Waals surface area (Å²) < 4.78 is 9.89. The molecular weight excluding hydrogens is 242 g/mol. The molecule has 4 nitrogen and oxygen atoms in total. The molecule has 1 aromatic carbocycles. The number of carbonyl (C=O) groups is 1. The highest BCUT2D eigenvalue weighted by atomic mass is 35.5. The van der Waals surface area contributed by atoms with Crippen LogP contribution >= 0.6 is 11.6 Å². The van der Waals surface area contributed by atoms with Gasteiger partial charge in [-0.2, -0.15) is 0 Å². The molecule has 0 saturated heterocycles. The van der Waals surface area contributed by atoms with Crippen molar-refractivity contribution in [1.82, 2.24) is 0 Å². The Labute approximate surface area is 106 Å². The Kier molecular flexibility index (Phi) is 5.80. The van der Waals surface area contributed by atoms with Gasteiger partial charge in [0.2, 0.25) is 0 Å². The SMILES string of the molecule is COc1ccc(CC(N)C(=O)OCCCl)cc1. The minimum Gasteiger partial charge on any atom is -0.497 e. The van der Waals surface area contributed by atoms with Crippen molar-refractivity contribution < 1.29 is 14.3 Å². The zero-order valence-corrected chi connectivity index (χ0v) is 10.4. The molecule has 0 spiro atoms. The van der Waals surface area contributed by atoms with Gasteiger partial charge in [-0.1, -0.05) is 12.1 Å². The monoisotopic (exact) mass is 257 g/mol. The first-order valence-electron chi connectivity index (χ1n) is 5.28. The Balaban J connectivity index is 2.49. The van der Waals surface area contributed by atoms with E-state index in [1.807, 2.05) is 24.3 Å². The van der Waals surface area contributed by atoms with Crippen LogP contribution < -0.4 is 10.5 Å². The zero-order valence-electron chi connectivity index (χ0n) is 9.69. The second-order valence-corrected chi connectivity index (χ2v) is 3.89. The summed E-state index contributed by atoms with van der Waals surface area (Å²) in [7, 11) is 1.60. The van der Waals surface area contributed by atoms with Crippen LogP contribution in [0.1, 0.15) is 5.56 Å². The van der Waals surface area contributed by atoms with Gasteiger partial charge in [0.05, 0.1) is 13.0 Å². The molecule has 17 heavy (non-hydrogen) atoms. The van der Waals surface area contributed by atoms with E-state index >= 15 is 0 Å². The van der Waals surface area contributed by atoms with Crippen LogP contribution in [-0.2, 0) is 16.0 Å². The van der Waals surface area contributed by atoms with Crippen molar-refractivity contribution in [3.05, 3.63) is 29.8 Å². The number of halogens is 1. The van der Waals surface area contributed by atoms with Crippen LogP contribution in [0.3, 0.4) is 0 Å². The van der Waals surface area contributed by atoms with E-state index in [1.165, 1.54) is 0 Å². The molecule has 0 aromatic heterocycles. The number of benzene rings is 1. The average Bonchev–Trinajstić information content (AvgIpc) is 2.36. The number of methoxy groups -OCH3 is 1. The first kappa shape index (κ1) is 13.8. The van der Waals surface area contributed by atoms with Crippen molar-refractivity contribution in [3.63, 3.8) is 0 Å². The fraction of sp³-hybridized carbons (Fsp3) is 0.417. The number of nitrogens with two attached hydrogens (primary N) is 1. The maximum atomic E-state index is 11.4. The molecule has 1 aromatic rings. The lowest BCUT2D eigenvalue weighted by molar-refractivity contribution is -0.144. The summed E-state index contributed by atoms with van der Waals surface area (Å²) in [6.45, 7) is 0.191. The van der Waals surface area contributed by atoms with E-state index in [9.17, 15) is 4.79 Å². The molecule has 0 fully saturated rings. The minimum atomic E-state index is -0.661. The number of carbonyl (C=O) groups excluding carboxylic acids is 1. The number of ether oxygens (including phenoxy) is 2. The average molecular weight is 258 g/mol. The molecule has 0 radical (unpaired) electrons. The molecule has 0 aliphatic rings. The Morgan fingerprint density at radius 1 is 1.41 bits per heavy atom. The largest absolute Gasteiger partial charge is 0.497 e. The predicted octanol–water partition coefficient (Wildman–Crippen LogP) is 1.35. The fourth-order valence-corrected chi connectivity index (χ4v) is 1.42. The third kappa shape index (κ3) is 4.63. The van der Waals surface area contributed by atoms with Gasteiger partial charge in [0.15, 0.2) is 0 Å². The summed E-state index contributed by atoms with van der Waals surface area (Å²) in [5.41, 5.74) is 6.67. The fourth-order valence-electron chi connectivity index (χ4n) is 1.35. The van der Waals surface area contributed by atoms with Crippen LogP contribution in [0, 0.1) is 0 Å². The van der Waals surface area contributed by atoms with E-state index in [0.717, 1.165) is 11.3 Å². The first-order chi connectivity index (χ1) is 8.17. The lowest BCUT2D eigenvalue weighted by Crippen LogP contribution is -2.34. The van der Waals surface area contributed by atoms with Crippen molar-refractivity contribution in [2.75, 3.05) is 19.6 Å². The van der Waals surface area contributed by atoms with Gasteiger partial charge < -0.3 is 15.2 Å². The lowest BCUT2D eigenvalue weighted by atomic mass is 10.1. The highest BCUT2D eigenvalue weighted by molar-refractivity contribution is 6.18. The second kappa shape index (κ2) is 7.14. The molecule has 94 valence electrons. The van der Waals surface area contributed by atoms with Crippen LogP contribution in [0.2, 0.25) is 0 Å². The van der Waals surface area contributed by atoms with Crippen molar-refractivity contribution in [2.45, 2.75) is 12.5 Å². The highest BCUT2D eigenvalue weighted by Crippen LogP contribution is 2.12. The topological polar surface area (TPSA) is 61.5 Å². The van der Waals surface area contributed by atoms with Crippen molar-refractivity contribution >= 4 is 17.6 Å². The summed E-state index contributed by atoms with van der Waals surface area (Å²) in [4.78, 5) is 11.4. The molecule has 0 aliphatic carbocycles. The van der Waals surface area contributed by atoms with E-state index in [1.54, 1.807) is 7.11 Å². The second-order valence-electron chi connectivity index (χ2n) is 3.52. The molecule has 1 rings (SSSR count). The highest BCUT2D eigenvalue weighted by Gasteiger charge is 2.15. The van der Waals surface area contributed by atoms with Crippen LogP contribution in [0.4, 0.5) is 0 Å². The maximum Gasteiger partial charge on any atom is 0.323 e. The van der Waals surface area contributed by atoms with Crippen molar-refractivity contribution in [1.29, 1.82) is 0 Å². The summed E-state index contributed by atoms with van der Waals surface area (Å²) in [5.74, 6) is 0.620. The smallest absolute Gasteiger partial charge is 0.323 e. The molecule has 0 saturated carbocycles. The van der Waals surface area contributed by atoms with Gasteiger partial charge >= 0.3 is 5.97 Å². The maximum absolute atomic E-state index is 11.4. The standard InChI is InChI=1S/C12H16ClNO3/c1-16-10-4-2-9(3-5-10)8-11(14)12(15)17-7-6-13/h2-5,11H,6-8,14H2,1H3. The molecule has 1 atom stereocenters. The number of esters is 1. The van der Waals surface area contributed by atoms with E-state index in [4.69, 9.17) is 26.8 Å². The Morgan fingerprint density at radius 3 is 2.59 bits per heavy atom. The summed E-state index contributed by atoms with van der Waals surface area (Å²) >= 11 is 5.41. The van der Waals surface area contributed by atoms with Gasteiger partial charge in [-0.15, -0.1) is 11.6 Å². The Hall–Kier alpha value is -1.26. The normalized spacial score (nSPS) is 11.9. The molecule has 0 amide bonds. The van der Waals surface area contributed by atoms with Gasteiger partial charge in [-0.25, -0.2) is 0 Å². The van der Waals surface area contributed by atoms with Gasteiger partial charge in [0, 0.05) is 0 Å². The molecule has 1 unspecified atom stereocenters. The van der Waals surface area contributed by atoms with Crippen molar-refractivity contribution in [3.8, 4) is 5.75 Å². The summed E-state index contributed by atoms with van der Waals surface area (Å²) in [5, 5.41) is 0. The van der Waals surface area contributed by atoms with Crippen LogP contribution in [0.15, 0.2) is 24.3 Å². The third-order valence-electron chi connectivity index (χ3n) is 2.24. The quantitative estimate of drug-likeness (QED) is 0.617. The first-order valence-corrected chi connectivity index (χ1v) is 5.82. The molecule has 2 N–H and O–H groups in total. The predicted molar refractivity (Wildman–Crippen MR) is 66.4 cm³/mol. The van der Waals surface area contributed by atoms with E-state index in [-0.39, 0.29) is 12.5 Å². The van der Waals surface area contributed by atoms with Gasteiger partial charge in [-0.05, 0) is 24.1 Å². The summed E-state index contributed by atoms with van der Waals surface area (Å²) in [6, 6.07) is 6.73.